The Kier molecular flexibility index (Phi) is 4.05. The SMILES string of the molecule is CC(=O)/C(C)=C(/C)CC(C)(C)C=O. The van der Waals surface area contributed by atoms with Crippen LogP contribution in [0.2, 0.25) is 0 Å². The predicted octanol–water partition coefficient (Wildman–Crippen LogP) is 2.53. The lowest BCUT2D eigenvalue weighted by atomic mass is 9.86. The monoisotopic (exact) mass is 182 g/mol. The van der Waals surface area contributed by atoms with Gasteiger partial charge in [0.1, 0.15) is 6.29 Å². The van der Waals surface area contributed by atoms with E-state index in [1.807, 2.05) is 20.8 Å². The fraction of sp³-hybridized carbons (Fsp3) is 0.636. The lowest BCUT2D eigenvalue weighted by Crippen LogP contribution is -2.14. The van der Waals surface area contributed by atoms with Gasteiger partial charge in [-0.1, -0.05) is 19.4 Å². The number of ketones is 1. The van der Waals surface area contributed by atoms with E-state index in [4.69, 9.17) is 0 Å². The van der Waals surface area contributed by atoms with Crippen molar-refractivity contribution in [1.82, 2.24) is 0 Å². The van der Waals surface area contributed by atoms with Crippen LogP contribution in [0.1, 0.15) is 41.0 Å². The molecule has 0 radical (unpaired) electrons. The maximum Gasteiger partial charge on any atom is 0.155 e. The minimum Gasteiger partial charge on any atom is -0.303 e. The molecule has 0 aromatic carbocycles. The van der Waals surface area contributed by atoms with Crippen LogP contribution >= 0.6 is 0 Å². The highest BCUT2D eigenvalue weighted by Gasteiger charge is 2.18. The summed E-state index contributed by atoms with van der Waals surface area (Å²) in [6.07, 6.45) is 1.59. The largest absolute Gasteiger partial charge is 0.303 e. The summed E-state index contributed by atoms with van der Waals surface area (Å²) >= 11 is 0. The third-order valence-electron chi connectivity index (χ3n) is 2.21. The molecule has 74 valence electrons. The molecule has 0 aromatic rings. The second-order valence-corrected chi connectivity index (χ2v) is 4.24. The van der Waals surface area contributed by atoms with E-state index in [0.717, 1.165) is 17.4 Å². The lowest BCUT2D eigenvalue weighted by Gasteiger charge is -2.17. The second-order valence-electron chi connectivity index (χ2n) is 4.24. The first-order valence-corrected chi connectivity index (χ1v) is 4.44. The number of carbonyl (C=O) groups excluding carboxylic acids is 2. The Hall–Kier alpha value is -0.920. The summed E-state index contributed by atoms with van der Waals surface area (Å²) in [6.45, 7) is 9.00. The van der Waals surface area contributed by atoms with Gasteiger partial charge in [-0.3, -0.25) is 4.79 Å². The summed E-state index contributed by atoms with van der Waals surface area (Å²) in [7, 11) is 0. The number of hydrogen-bond acceptors (Lipinski definition) is 2. The highest BCUT2D eigenvalue weighted by Crippen LogP contribution is 2.24. The first-order valence-electron chi connectivity index (χ1n) is 4.44. The highest BCUT2D eigenvalue weighted by molar-refractivity contribution is 5.93. The fourth-order valence-corrected chi connectivity index (χ4v) is 1.16. The number of carbonyl (C=O) groups is 2. The van der Waals surface area contributed by atoms with Crippen molar-refractivity contribution in [3.8, 4) is 0 Å². The number of Topliss-reactive ketones (excluding diaryl/α,β-unsaturated/α-hetero) is 1. The molecule has 0 heterocycles. The van der Waals surface area contributed by atoms with Crippen molar-refractivity contribution in [3.63, 3.8) is 0 Å². The zero-order chi connectivity index (χ0) is 10.6. The standard InChI is InChI=1S/C11H18O2/c1-8(9(2)10(3)13)6-11(4,5)7-12/h7H,6H2,1-5H3/b9-8-. The van der Waals surface area contributed by atoms with Crippen LogP contribution in [0.3, 0.4) is 0 Å². The van der Waals surface area contributed by atoms with E-state index < -0.39 is 0 Å². The summed E-state index contributed by atoms with van der Waals surface area (Å²) in [5.74, 6) is 0.0826. The van der Waals surface area contributed by atoms with Crippen LogP contribution in [-0.4, -0.2) is 12.1 Å². The van der Waals surface area contributed by atoms with Crippen molar-refractivity contribution >= 4 is 12.1 Å². The minimum absolute atomic E-state index is 0.0826. The van der Waals surface area contributed by atoms with E-state index in [1.165, 1.54) is 0 Å². The van der Waals surface area contributed by atoms with Gasteiger partial charge < -0.3 is 4.79 Å². The lowest BCUT2D eigenvalue weighted by molar-refractivity contribution is -0.115. The van der Waals surface area contributed by atoms with Crippen molar-refractivity contribution in [2.75, 3.05) is 0 Å². The van der Waals surface area contributed by atoms with Crippen LogP contribution in [0.25, 0.3) is 0 Å². The van der Waals surface area contributed by atoms with Crippen molar-refractivity contribution in [2.24, 2.45) is 5.41 Å². The summed E-state index contributed by atoms with van der Waals surface area (Å²) in [4.78, 5) is 21.7. The molecule has 0 N–H and O–H groups in total. The molecular formula is C11H18O2. The molecule has 0 atom stereocenters. The van der Waals surface area contributed by atoms with Crippen LogP contribution in [0.4, 0.5) is 0 Å². The molecule has 0 aliphatic carbocycles. The van der Waals surface area contributed by atoms with Gasteiger partial charge >= 0.3 is 0 Å². The van der Waals surface area contributed by atoms with Crippen molar-refractivity contribution in [3.05, 3.63) is 11.1 Å². The molecule has 0 saturated carbocycles. The molecule has 0 bridgehead atoms. The van der Waals surface area contributed by atoms with Gasteiger partial charge in [-0.15, -0.1) is 0 Å². The molecule has 13 heavy (non-hydrogen) atoms. The number of rotatable bonds is 4. The summed E-state index contributed by atoms with van der Waals surface area (Å²) in [6, 6.07) is 0. The number of allylic oxidation sites excluding steroid dienone is 2. The number of aldehydes is 1. The Balaban J connectivity index is 4.64. The zero-order valence-corrected chi connectivity index (χ0v) is 9.10. The molecule has 0 spiro atoms. The van der Waals surface area contributed by atoms with Gasteiger partial charge in [0.2, 0.25) is 0 Å². The molecular weight excluding hydrogens is 164 g/mol. The zero-order valence-electron chi connectivity index (χ0n) is 9.10. The van der Waals surface area contributed by atoms with E-state index in [-0.39, 0.29) is 11.2 Å². The molecule has 0 aliphatic rings. The van der Waals surface area contributed by atoms with Crippen LogP contribution in [0, 0.1) is 5.41 Å². The Morgan fingerprint density at radius 1 is 1.23 bits per heavy atom. The third-order valence-corrected chi connectivity index (χ3v) is 2.21. The quantitative estimate of drug-likeness (QED) is 0.494. The Bertz CT molecular complexity index is 247. The first-order chi connectivity index (χ1) is 5.80. The average Bonchev–Trinajstić information content (AvgIpc) is 2.02. The van der Waals surface area contributed by atoms with Gasteiger partial charge in [0.25, 0.3) is 0 Å². The van der Waals surface area contributed by atoms with E-state index in [0.29, 0.717) is 6.42 Å². The molecule has 0 aliphatic heterocycles. The second kappa shape index (κ2) is 4.35. The summed E-state index contributed by atoms with van der Waals surface area (Å²) < 4.78 is 0. The van der Waals surface area contributed by atoms with Gasteiger partial charge in [0, 0.05) is 5.41 Å². The van der Waals surface area contributed by atoms with E-state index in [2.05, 4.69) is 0 Å². The maximum absolute atomic E-state index is 11.0. The molecule has 0 unspecified atom stereocenters. The van der Waals surface area contributed by atoms with Gasteiger partial charge in [-0.2, -0.15) is 0 Å². The molecule has 0 fully saturated rings. The van der Waals surface area contributed by atoms with Crippen molar-refractivity contribution in [1.29, 1.82) is 0 Å². The highest BCUT2D eigenvalue weighted by atomic mass is 16.1. The van der Waals surface area contributed by atoms with Gasteiger partial charge in [-0.05, 0) is 32.8 Å². The first kappa shape index (κ1) is 12.1. The maximum atomic E-state index is 11.0. The van der Waals surface area contributed by atoms with Crippen LogP contribution in [0.15, 0.2) is 11.1 Å². The van der Waals surface area contributed by atoms with E-state index in [9.17, 15) is 9.59 Å². The molecule has 0 aromatic heterocycles. The molecule has 0 saturated heterocycles. The normalized spacial score (nSPS) is 13.6. The van der Waals surface area contributed by atoms with Gasteiger partial charge in [0.15, 0.2) is 5.78 Å². The Morgan fingerprint density at radius 2 is 1.69 bits per heavy atom. The Labute approximate surface area is 80.0 Å². The van der Waals surface area contributed by atoms with Crippen LogP contribution < -0.4 is 0 Å². The summed E-state index contributed by atoms with van der Waals surface area (Å²) in [5.41, 5.74) is 1.42. The summed E-state index contributed by atoms with van der Waals surface area (Å²) in [5, 5.41) is 0. The molecule has 2 heteroatoms. The van der Waals surface area contributed by atoms with Crippen LogP contribution in [0.5, 0.6) is 0 Å². The minimum atomic E-state index is -0.360. The van der Waals surface area contributed by atoms with Gasteiger partial charge in [0.05, 0.1) is 0 Å². The van der Waals surface area contributed by atoms with Gasteiger partial charge in [-0.25, -0.2) is 0 Å². The third kappa shape index (κ3) is 4.02. The average molecular weight is 182 g/mol. The molecule has 0 rings (SSSR count). The van der Waals surface area contributed by atoms with E-state index in [1.54, 1.807) is 13.8 Å². The smallest absolute Gasteiger partial charge is 0.155 e. The van der Waals surface area contributed by atoms with E-state index >= 15 is 0 Å². The predicted molar refractivity (Wildman–Crippen MR) is 53.5 cm³/mol. The van der Waals surface area contributed by atoms with Crippen molar-refractivity contribution < 1.29 is 9.59 Å². The Morgan fingerprint density at radius 3 is 2.00 bits per heavy atom. The molecule has 2 nitrogen and oxygen atoms in total. The fourth-order valence-electron chi connectivity index (χ4n) is 1.16. The van der Waals surface area contributed by atoms with Crippen molar-refractivity contribution in [2.45, 2.75) is 41.0 Å². The topological polar surface area (TPSA) is 34.1 Å². The van der Waals surface area contributed by atoms with Crippen LogP contribution in [-0.2, 0) is 9.59 Å². The number of hydrogen-bond donors (Lipinski definition) is 0. The molecule has 0 amide bonds.